The van der Waals surface area contributed by atoms with Gasteiger partial charge in [-0.15, -0.1) is 0 Å². The van der Waals surface area contributed by atoms with Crippen molar-refractivity contribution < 1.29 is 4.39 Å². The summed E-state index contributed by atoms with van der Waals surface area (Å²) in [7, 11) is 0. The highest BCUT2D eigenvalue weighted by Gasteiger charge is 2.32. The smallest absolute Gasteiger partial charge is 0.123 e. The van der Waals surface area contributed by atoms with E-state index in [0.29, 0.717) is 10.9 Å². The standard InChI is InChI=1S/C28H27ClFN3/c29-23-10-6-22(7-11-23)27-18-28(32-31-27)25-15-17-33(16-14-20-4-2-1-3-5-20)19-26(25)21-8-12-24(30)13-9-21/h1-13,18,25-26H,14-17,19H2,(H,31,32)/t25-,26+/m1/s1. The first-order valence-corrected chi connectivity index (χ1v) is 11.9. The number of nitrogens with zero attached hydrogens (tertiary/aromatic N) is 2. The van der Waals surface area contributed by atoms with Gasteiger partial charge < -0.3 is 4.90 Å². The molecule has 5 rings (SSSR count). The molecule has 168 valence electrons. The second-order valence-electron chi connectivity index (χ2n) is 8.80. The highest BCUT2D eigenvalue weighted by Crippen LogP contribution is 2.40. The molecule has 0 bridgehead atoms. The van der Waals surface area contributed by atoms with Crippen LogP contribution in [0.15, 0.2) is 84.9 Å². The number of hydrogen-bond acceptors (Lipinski definition) is 2. The van der Waals surface area contributed by atoms with Gasteiger partial charge in [0.2, 0.25) is 0 Å². The van der Waals surface area contributed by atoms with E-state index in [4.69, 9.17) is 11.6 Å². The molecule has 4 aromatic rings. The van der Waals surface area contributed by atoms with E-state index in [1.54, 1.807) is 12.1 Å². The van der Waals surface area contributed by atoms with Crippen molar-refractivity contribution in [2.45, 2.75) is 24.7 Å². The van der Waals surface area contributed by atoms with Crippen molar-refractivity contribution >= 4 is 11.6 Å². The maximum Gasteiger partial charge on any atom is 0.123 e. The zero-order chi connectivity index (χ0) is 22.6. The van der Waals surface area contributed by atoms with Crippen LogP contribution in [0.2, 0.25) is 5.02 Å². The van der Waals surface area contributed by atoms with E-state index in [2.05, 4.69) is 51.5 Å². The highest BCUT2D eigenvalue weighted by atomic mass is 35.5. The fourth-order valence-corrected chi connectivity index (χ4v) is 5.00. The Morgan fingerprint density at radius 2 is 1.70 bits per heavy atom. The molecule has 1 aromatic heterocycles. The average Bonchev–Trinajstić information content (AvgIpc) is 3.34. The van der Waals surface area contributed by atoms with E-state index < -0.39 is 0 Å². The van der Waals surface area contributed by atoms with Crippen LogP contribution in [0, 0.1) is 5.82 Å². The molecule has 1 aliphatic heterocycles. The molecule has 1 aliphatic rings. The topological polar surface area (TPSA) is 31.9 Å². The van der Waals surface area contributed by atoms with Crippen LogP contribution in [-0.4, -0.2) is 34.7 Å². The third-order valence-corrected chi connectivity index (χ3v) is 6.94. The van der Waals surface area contributed by atoms with Crippen LogP contribution in [0.4, 0.5) is 4.39 Å². The number of aromatic amines is 1. The minimum absolute atomic E-state index is 0.196. The Morgan fingerprint density at radius 3 is 2.45 bits per heavy atom. The number of likely N-dealkylation sites (tertiary alicyclic amines) is 1. The molecule has 2 heterocycles. The Morgan fingerprint density at radius 1 is 0.939 bits per heavy atom. The van der Waals surface area contributed by atoms with Crippen molar-refractivity contribution in [1.29, 1.82) is 0 Å². The highest BCUT2D eigenvalue weighted by molar-refractivity contribution is 6.30. The number of piperidine rings is 1. The van der Waals surface area contributed by atoms with Gasteiger partial charge in [0.1, 0.15) is 5.82 Å². The van der Waals surface area contributed by atoms with Gasteiger partial charge in [-0.05, 0) is 60.8 Å². The first-order valence-electron chi connectivity index (χ1n) is 11.5. The molecule has 0 aliphatic carbocycles. The van der Waals surface area contributed by atoms with Gasteiger partial charge >= 0.3 is 0 Å². The van der Waals surface area contributed by atoms with Crippen molar-refractivity contribution in [3.05, 3.63) is 113 Å². The molecule has 1 saturated heterocycles. The second-order valence-corrected chi connectivity index (χ2v) is 9.24. The second kappa shape index (κ2) is 9.90. The lowest BCUT2D eigenvalue weighted by molar-refractivity contribution is 0.189. The first kappa shape index (κ1) is 21.9. The van der Waals surface area contributed by atoms with Gasteiger partial charge in [0.05, 0.1) is 5.69 Å². The molecule has 0 unspecified atom stereocenters. The van der Waals surface area contributed by atoms with Crippen LogP contribution in [-0.2, 0) is 6.42 Å². The van der Waals surface area contributed by atoms with Crippen molar-refractivity contribution in [2.24, 2.45) is 0 Å². The van der Waals surface area contributed by atoms with Crippen LogP contribution < -0.4 is 0 Å². The average molecular weight is 460 g/mol. The van der Waals surface area contributed by atoms with E-state index in [9.17, 15) is 4.39 Å². The third kappa shape index (κ3) is 5.18. The van der Waals surface area contributed by atoms with Crippen molar-refractivity contribution in [2.75, 3.05) is 19.6 Å². The Kier molecular flexibility index (Phi) is 6.56. The predicted molar refractivity (Wildman–Crippen MR) is 132 cm³/mol. The van der Waals surface area contributed by atoms with E-state index in [1.165, 1.54) is 11.1 Å². The Bertz CT molecular complexity index is 1170. The summed E-state index contributed by atoms with van der Waals surface area (Å²) in [6.45, 7) is 3.00. The van der Waals surface area contributed by atoms with Gasteiger partial charge in [0.25, 0.3) is 0 Å². The number of aromatic nitrogens is 2. The summed E-state index contributed by atoms with van der Waals surface area (Å²) in [5.41, 5.74) is 5.64. The molecule has 0 spiro atoms. The van der Waals surface area contributed by atoms with Crippen molar-refractivity contribution in [3.63, 3.8) is 0 Å². The van der Waals surface area contributed by atoms with E-state index in [-0.39, 0.29) is 11.7 Å². The SMILES string of the molecule is Fc1ccc([C@@H]2CN(CCc3ccccc3)CC[C@H]2c2cc(-c3ccc(Cl)cc3)n[nH]2)cc1. The molecule has 2 atom stereocenters. The first-order chi connectivity index (χ1) is 16.2. The van der Waals surface area contributed by atoms with E-state index in [1.807, 2.05) is 36.4 Å². The Hall–Kier alpha value is -2.95. The molecule has 1 N–H and O–H groups in total. The maximum absolute atomic E-state index is 13.6. The Labute approximate surface area is 199 Å². The summed E-state index contributed by atoms with van der Waals surface area (Å²) in [5, 5.41) is 8.60. The van der Waals surface area contributed by atoms with Gasteiger partial charge in [-0.2, -0.15) is 5.10 Å². The number of hydrogen-bond donors (Lipinski definition) is 1. The zero-order valence-corrected chi connectivity index (χ0v) is 19.2. The lowest BCUT2D eigenvalue weighted by Crippen LogP contribution is -2.39. The van der Waals surface area contributed by atoms with Crippen molar-refractivity contribution in [1.82, 2.24) is 15.1 Å². The fourth-order valence-electron chi connectivity index (χ4n) is 4.87. The Balaban J connectivity index is 1.37. The van der Waals surface area contributed by atoms with Crippen LogP contribution in [0.25, 0.3) is 11.3 Å². The summed E-state index contributed by atoms with van der Waals surface area (Å²) in [5.74, 6) is 0.379. The summed E-state index contributed by atoms with van der Waals surface area (Å²) >= 11 is 6.04. The molecule has 3 nitrogen and oxygen atoms in total. The monoisotopic (exact) mass is 459 g/mol. The third-order valence-electron chi connectivity index (χ3n) is 6.69. The number of benzene rings is 3. The molecule has 0 saturated carbocycles. The fraction of sp³-hybridized carbons (Fsp3) is 0.250. The van der Waals surface area contributed by atoms with Crippen LogP contribution in [0.3, 0.4) is 0 Å². The molecule has 33 heavy (non-hydrogen) atoms. The molecule has 0 amide bonds. The van der Waals surface area contributed by atoms with E-state index in [0.717, 1.165) is 49.4 Å². The van der Waals surface area contributed by atoms with Gasteiger partial charge in [-0.25, -0.2) is 4.39 Å². The van der Waals surface area contributed by atoms with Gasteiger partial charge in [0, 0.05) is 41.2 Å². The lowest BCUT2D eigenvalue weighted by Gasteiger charge is -2.38. The zero-order valence-electron chi connectivity index (χ0n) is 18.4. The minimum atomic E-state index is -0.196. The van der Waals surface area contributed by atoms with Gasteiger partial charge in [-0.3, -0.25) is 5.10 Å². The van der Waals surface area contributed by atoms with Gasteiger partial charge in [-0.1, -0.05) is 66.2 Å². The summed E-state index contributed by atoms with van der Waals surface area (Å²) in [4.78, 5) is 2.54. The quantitative estimate of drug-likeness (QED) is 0.348. The molecule has 0 radical (unpaired) electrons. The maximum atomic E-state index is 13.6. The van der Waals surface area contributed by atoms with Gasteiger partial charge in [0.15, 0.2) is 0 Å². The molecular weight excluding hydrogens is 433 g/mol. The van der Waals surface area contributed by atoms with Crippen molar-refractivity contribution in [3.8, 4) is 11.3 Å². The number of H-pyrrole nitrogens is 1. The van der Waals surface area contributed by atoms with E-state index >= 15 is 0 Å². The summed E-state index contributed by atoms with van der Waals surface area (Å²) in [6, 6.07) is 27.6. The number of halogens is 2. The summed E-state index contributed by atoms with van der Waals surface area (Å²) in [6.07, 6.45) is 2.06. The minimum Gasteiger partial charge on any atom is -0.302 e. The van der Waals surface area contributed by atoms with Crippen LogP contribution >= 0.6 is 11.6 Å². The molecule has 3 aromatic carbocycles. The van der Waals surface area contributed by atoms with Crippen LogP contribution in [0.1, 0.15) is 35.1 Å². The molecular formula is C28H27ClFN3. The normalized spacial score (nSPS) is 19.0. The lowest BCUT2D eigenvalue weighted by atomic mass is 9.78. The molecule has 5 heteroatoms. The predicted octanol–water partition coefficient (Wildman–Crippen LogP) is 6.69. The molecule has 1 fully saturated rings. The summed E-state index contributed by atoms with van der Waals surface area (Å²) < 4.78 is 13.6. The number of rotatable bonds is 6. The number of nitrogens with one attached hydrogen (secondary N) is 1. The largest absolute Gasteiger partial charge is 0.302 e. The van der Waals surface area contributed by atoms with Crippen LogP contribution in [0.5, 0.6) is 0 Å².